The predicted octanol–water partition coefficient (Wildman–Crippen LogP) is 5.84. The van der Waals surface area contributed by atoms with Crippen molar-refractivity contribution < 1.29 is 18.7 Å². The van der Waals surface area contributed by atoms with Gasteiger partial charge in [-0.1, -0.05) is 32.0 Å². The van der Waals surface area contributed by atoms with Gasteiger partial charge in [-0.25, -0.2) is 14.2 Å². The zero-order chi connectivity index (χ0) is 26.6. The summed E-state index contributed by atoms with van der Waals surface area (Å²) in [5.41, 5.74) is 4.40. The number of halogens is 1. The van der Waals surface area contributed by atoms with Gasteiger partial charge in [0.25, 0.3) is 5.91 Å². The highest BCUT2D eigenvalue weighted by Gasteiger charge is 2.29. The van der Waals surface area contributed by atoms with E-state index in [0.29, 0.717) is 29.4 Å². The number of hydrogen-bond donors (Lipinski definition) is 1. The molecule has 0 saturated heterocycles. The normalized spacial score (nSPS) is 14.2. The maximum Gasteiger partial charge on any atom is 0.340 e. The molecule has 1 amide bonds. The summed E-state index contributed by atoms with van der Waals surface area (Å²) in [6.45, 7) is 6.40. The van der Waals surface area contributed by atoms with Gasteiger partial charge in [-0.3, -0.25) is 20.0 Å². The fraction of sp³-hybridized carbons (Fsp3) is 0.310. The number of hydrogen-bond acceptors (Lipinski definition) is 7. The SMILES string of the molecule is CCCN1CCc2nc3ccccc3c(C(=O)OC(CC)C(=O)Nc3nc(-c4ccc(F)cc4)cs3)c2C1. The number of nitrogens with zero attached hydrogens (tertiary/aromatic N) is 3. The number of anilines is 1. The molecule has 1 aliphatic heterocycles. The minimum absolute atomic E-state index is 0.306. The second-order valence-corrected chi connectivity index (χ2v) is 10.1. The average molecular weight is 533 g/mol. The van der Waals surface area contributed by atoms with Gasteiger partial charge in [-0.15, -0.1) is 11.3 Å². The van der Waals surface area contributed by atoms with Crippen molar-refractivity contribution in [1.29, 1.82) is 0 Å². The number of nitrogens with one attached hydrogen (secondary N) is 1. The maximum absolute atomic E-state index is 13.6. The van der Waals surface area contributed by atoms with E-state index < -0.39 is 18.0 Å². The van der Waals surface area contributed by atoms with Crippen LogP contribution in [0, 0.1) is 5.82 Å². The van der Waals surface area contributed by atoms with Crippen molar-refractivity contribution in [3.63, 3.8) is 0 Å². The third kappa shape index (κ3) is 5.44. The molecule has 196 valence electrons. The van der Waals surface area contributed by atoms with E-state index in [1.54, 1.807) is 24.4 Å². The first-order valence-corrected chi connectivity index (χ1v) is 13.7. The van der Waals surface area contributed by atoms with E-state index in [1.807, 2.05) is 24.3 Å². The molecule has 0 spiro atoms. The molecule has 2 aromatic heterocycles. The molecule has 0 radical (unpaired) electrons. The van der Waals surface area contributed by atoms with E-state index in [9.17, 15) is 14.0 Å². The Hall–Kier alpha value is -3.69. The van der Waals surface area contributed by atoms with Gasteiger partial charge in [-0.05, 0) is 49.7 Å². The molecule has 38 heavy (non-hydrogen) atoms. The zero-order valence-corrected chi connectivity index (χ0v) is 22.2. The summed E-state index contributed by atoms with van der Waals surface area (Å²) in [4.78, 5) is 38.3. The van der Waals surface area contributed by atoms with Crippen molar-refractivity contribution in [2.45, 2.75) is 45.8 Å². The van der Waals surface area contributed by atoms with Gasteiger partial charge < -0.3 is 4.74 Å². The van der Waals surface area contributed by atoms with E-state index in [4.69, 9.17) is 9.72 Å². The Morgan fingerprint density at radius 2 is 1.92 bits per heavy atom. The van der Waals surface area contributed by atoms with Crippen molar-refractivity contribution in [3.05, 3.63) is 76.5 Å². The zero-order valence-electron chi connectivity index (χ0n) is 21.4. The summed E-state index contributed by atoms with van der Waals surface area (Å²) in [5.74, 6) is -1.29. The second-order valence-electron chi connectivity index (χ2n) is 9.29. The predicted molar refractivity (Wildman–Crippen MR) is 147 cm³/mol. The van der Waals surface area contributed by atoms with Crippen LogP contribution in [0.5, 0.6) is 0 Å². The van der Waals surface area contributed by atoms with Gasteiger partial charge in [0.2, 0.25) is 0 Å². The lowest BCUT2D eigenvalue weighted by atomic mass is 9.95. The molecule has 0 aliphatic carbocycles. The lowest BCUT2D eigenvalue weighted by Crippen LogP contribution is -2.35. The van der Waals surface area contributed by atoms with Gasteiger partial charge >= 0.3 is 5.97 Å². The van der Waals surface area contributed by atoms with Crippen molar-refractivity contribution in [3.8, 4) is 11.3 Å². The highest BCUT2D eigenvalue weighted by molar-refractivity contribution is 7.14. The molecule has 1 atom stereocenters. The van der Waals surface area contributed by atoms with Crippen molar-refractivity contribution in [2.75, 3.05) is 18.4 Å². The molecule has 5 rings (SSSR count). The molecule has 0 saturated carbocycles. The Morgan fingerprint density at radius 1 is 1.13 bits per heavy atom. The third-order valence-corrected chi connectivity index (χ3v) is 7.41. The fourth-order valence-electron chi connectivity index (χ4n) is 4.77. The lowest BCUT2D eigenvalue weighted by molar-refractivity contribution is -0.124. The van der Waals surface area contributed by atoms with Crippen molar-refractivity contribution in [2.24, 2.45) is 0 Å². The molecule has 4 aromatic rings. The number of pyridine rings is 1. The van der Waals surface area contributed by atoms with Crippen LogP contribution in [-0.2, 0) is 22.5 Å². The number of ether oxygens (including phenoxy) is 1. The summed E-state index contributed by atoms with van der Waals surface area (Å²) in [6.07, 6.45) is 1.10. The van der Waals surface area contributed by atoms with Crippen LogP contribution in [0.25, 0.3) is 22.2 Å². The molecule has 9 heteroatoms. The van der Waals surface area contributed by atoms with Gasteiger partial charge in [0.15, 0.2) is 11.2 Å². The number of carbonyl (C=O) groups is 2. The summed E-state index contributed by atoms with van der Waals surface area (Å²) in [7, 11) is 0. The maximum atomic E-state index is 13.6. The monoisotopic (exact) mass is 532 g/mol. The van der Waals surface area contributed by atoms with E-state index in [-0.39, 0.29) is 5.82 Å². The van der Waals surface area contributed by atoms with E-state index in [2.05, 4.69) is 22.1 Å². The number of benzene rings is 2. The van der Waals surface area contributed by atoms with Crippen LogP contribution in [-0.4, -0.2) is 45.9 Å². The number of carbonyl (C=O) groups excluding carboxylic acids is 2. The van der Waals surface area contributed by atoms with Gasteiger partial charge in [0.1, 0.15) is 5.82 Å². The topological polar surface area (TPSA) is 84.4 Å². The van der Waals surface area contributed by atoms with Crippen LogP contribution >= 0.6 is 11.3 Å². The van der Waals surface area contributed by atoms with Crippen LogP contribution in [0.1, 0.15) is 48.3 Å². The third-order valence-electron chi connectivity index (χ3n) is 6.66. The molecular formula is C29H29FN4O3S. The van der Waals surface area contributed by atoms with E-state index in [1.165, 1.54) is 23.5 Å². The number of aromatic nitrogens is 2. The molecular weight excluding hydrogens is 503 g/mol. The molecule has 2 aromatic carbocycles. The molecule has 1 aliphatic rings. The van der Waals surface area contributed by atoms with Crippen molar-refractivity contribution >= 4 is 39.2 Å². The van der Waals surface area contributed by atoms with Crippen LogP contribution in [0.3, 0.4) is 0 Å². The Kier molecular flexibility index (Phi) is 7.76. The lowest BCUT2D eigenvalue weighted by Gasteiger charge is -2.29. The number of amides is 1. The van der Waals surface area contributed by atoms with Crippen LogP contribution in [0.2, 0.25) is 0 Å². The highest BCUT2D eigenvalue weighted by atomic mass is 32.1. The standard InChI is InChI=1S/C29H29FN4O3S/c1-3-14-34-15-13-23-21(16-34)26(20-7-5-6-8-22(20)31-23)28(36)37-25(4-2)27(35)33-29-32-24(17-38-29)18-9-11-19(30)12-10-18/h5-12,17,25H,3-4,13-16H2,1-2H3,(H,32,33,35). The van der Waals surface area contributed by atoms with Gasteiger partial charge in [0.05, 0.1) is 16.8 Å². The highest BCUT2D eigenvalue weighted by Crippen LogP contribution is 2.30. The van der Waals surface area contributed by atoms with Crippen LogP contribution in [0.4, 0.5) is 9.52 Å². The van der Waals surface area contributed by atoms with Gasteiger partial charge in [-0.2, -0.15) is 0 Å². The fourth-order valence-corrected chi connectivity index (χ4v) is 5.49. The Bertz CT molecular complexity index is 1470. The summed E-state index contributed by atoms with van der Waals surface area (Å²) >= 11 is 1.25. The molecule has 1 N–H and O–H groups in total. The minimum Gasteiger partial charge on any atom is -0.449 e. The Balaban J connectivity index is 1.37. The molecule has 0 bridgehead atoms. The largest absolute Gasteiger partial charge is 0.449 e. The van der Waals surface area contributed by atoms with E-state index in [0.717, 1.165) is 53.7 Å². The Morgan fingerprint density at radius 3 is 2.68 bits per heavy atom. The minimum atomic E-state index is -0.987. The molecule has 3 heterocycles. The van der Waals surface area contributed by atoms with Gasteiger partial charge in [0, 0.05) is 47.1 Å². The summed E-state index contributed by atoms with van der Waals surface area (Å²) in [5, 5.41) is 5.67. The Labute approximate surface area is 224 Å². The average Bonchev–Trinajstić information content (AvgIpc) is 3.39. The first-order chi connectivity index (χ1) is 18.5. The number of rotatable bonds is 8. The molecule has 0 fully saturated rings. The quantitative estimate of drug-likeness (QED) is 0.287. The summed E-state index contributed by atoms with van der Waals surface area (Å²) < 4.78 is 19.1. The number of esters is 1. The molecule has 1 unspecified atom stereocenters. The summed E-state index contributed by atoms with van der Waals surface area (Å²) in [6, 6.07) is 13.6. The second kappa shape index (κ2) is 11.4. The molecule has 7 nitrogen and oxygen atoms in total. The van der Waals surface area contributed by atoms with Crippen LogP contribution in [0.15, 0.2) is 53.9 Å². The number of para-hydroxylation sites is 1. The first kappa shape index (κ1) is 25.9. The van der Waals surface area contributed by atoms with E-state index >= 15 is 0 Å². The number of fused-ring (bicyclic) bond motifs is 2. The number of thiazole rings is 1. The van der Waals surface area contributed by atoms with Crippen molar-refractivity contribution in [1.82, 2.24) is 14.9 Å². The smallest absolute Gasteiger partial charge is 0.340 e. The first-order valence-electron chi connectivity index (χ1n) is 12.8. The van der Waals surface area contributed by atoms with Crippen LogP contribution < -0.4 is 5.32 Å².